The molecule has 1 saturated heterocycles. The summed E-state index contributed by atoms with van der Waals surface area (Å²) < 4.78 is 1.11. The summed E-state index contributed by atoms with van der Waals surface area (Å²) in [5.41, 5.74) is 5.57. The molecule has 0 aliphatic carbocycles. The van der Waals surface area contributed by atoms with Crippen LogP contribution in [0, 0.1) is 6.92 Å². The average Bonchev–Trinajstić information content (AvgIpc) is 3.39. The van der Waals surface area contributed by atoms with Gasteiger partial charge < -0.3 is 20.5 Å². The van der Waals surface area contributed by atoms with Gasteiger partial charge in [-0.3, -0.25) is 4.79 Å². The molecule has 1 aliphatic rings. The maximum atomic E-state index is 12.1. The van der Waals surface area contributed by atoms with Crippen LogP contribution in [0.25, 0.3) is 21.3 Å². The number of amides is 1. The topological polar surface area (TPSA) is 98.8 Å². The van der Waals surface area contributed by atoms with Gasteiger partial charge in [-0.05, 0) is 49.6 Å². The Labute approximate surface area is 183 Å². The van der Waals surface area contributed by atoms with Crippen molar-refractivity contribution >= 4 is 55.9 Å². The van der Waals surface area contributed by atoms with E-state index < -0.39 is 0 Å². The summed E-state index contributed by atoms with van der Waals surface area (Å²) in [5, 5.41) is 7.85. The van der Waals surface area contributed by atoms with Crippen LogP contribution in [-0.4, -0.2) is 49.9 Å². The molecule has 1 aromatic carbocycles. The van der Waals surface area contributed by atoms with Gasteiger partial charge in [0.2, 0.25) is 11.9 Å². The average molecular weight is 434 g/mol. The highest BCUT2D eigenvalue weighted by molar-refractivity contribution is 7.16. The molecular formula is C22H23N7OS. The molecular weight excluding hydrogens is 410 g/mol. The van der Waals surface area contributed by atoms with Crippen molar-refractivity contribution in [2.75, 3.05) is 23.7 Å². The first-order valence-corrected chi connectivity index (χ1v) is 11.1. The monoisotopic (exact) mass is 433 g/mol. The summed E-state index contributed by atoms with van der Waals surface area (Å²) in [7, 11) is 0. The first-order valence-electron chi connectivity index (χ1n) is 10.2. The number of aromatic nitrogens is 4. The van der Waals surface area contributed by atoms with Crippen molar-refractivity contribution in [3.05, 3.63) is 48.1 Å². The molecule has 3 N–H and O–H groups in total. The SMILES string of the molecule is C=CC(=O)N1CCC[C@@H](Nc2nc(Nc3ccc4ncsc4c3)nc3[nH]cc(C)c23)C1. The zero-order valence-corrected chi connectivity index (χ0v) is 18.0. The molecule has 1 aliphatic heterocycles. The number of anilines is 3. The maximum Gasteiger partial charge on any atom is 0.246 e. The smallest absolute Gasteiger partial charge is 0.246 e. The molecule has 1 atom stereocenters. The number of likely N-dealkylation sites (tertiary alicyclic amines) is 1. The second-order valence-corrected chi connectivity index (χ2v) is 8.61. The predicted molar refractivity (Wildman–Crippen MR) is 125 cm³/mol. The van der Waals surface area contributed by atoms with Gasteiger partial charge in [-0.15, -0.1) is 11.3 Å². The fourth-order valence-corrected chi connectivity index (χ4v) is 4.74. The first-order chi connectivity index (χ1) is 15.1. The van der Waals surface area contributed by atoms with Crippen molar-refractivity contribution in [3.8, 4) is 0 Å². The summed E-state index contributed by atoms with van der Waals surface area (Å²) in [6, 6.07) is 6.12. The van der Waals surface area contributed by atoms with E-state index in [1.807, 2.05) is 41.7 Å². The number of hydrogen-bond acceptors (Lipinski definition) is 7. The molecule has 3 aromatic heterocycles. The predicted octanol–water partition coefficient (Wildman–Crippen LogP) is 4.21. The van der Waals surface area contributed by atoms with Gasteiger partial charge in [0.15, 0.2) is 0 Å². The number of nitrogens with zero attached hydrogens (tertiary/aromatic N) is 4. The second kappa shape index (κ2) is 7.99. The van der Waals surface area contributed by atoms with Crippen molar-refractivity contribution < 1.29 is 4.79 Å². The van der Waals surface area contributed by atoms with Crippen LogP contribution in [0.1, 0.15) is 18.4 Å². The third kappa shape index (κ3) is 3.84. The van der Waals surface area contributed by atoms with Crippen molar-refractivity contribution in [1.82, 2.24) is 24.8 Å². The Kier molecular flexibility index (Phi) is 5.03. The van der Waals surface area contributed by atoms with Crippen LogP contribution in [-0.2, 0) is 4.79 Å². The molecule has 4 heterocycles. The number of hydrogen-bond donors (Lipinski definition) is 3. The molecule has 0 spiro atoms. The lowest BCUT2D eigenvalue weighted by molar-refractivity contribution is -0.127. The minimum atomic E-state index is -0.0297. The van der Waals surface area contributed by atoms with Gasteiger partial charge in [-0.1, -0.05) is 6.58 Å². The number of fused-ring (bicyclic) bond motifs is 2. The number of benzene rings is 1. The minimum absolute atomic E-state index is 0.0297. The Morgan fingerprint density at radius 2 is 2.29 bits per heavy atom. The molecule has 0 bridgehead atoms. The summed E-state index contributed by atoms with van der Waals surface area (Å²) in [6.07, 6.45) is 5.23. The van der Waals surface area contributed by atoms with Gasteiger partial charge >= 0.3 is 0 Å². The highest BCUT2D eigenvalue weighted by Gasteiger charge is 2.24. The van der Waals surface area contributed by atoms with E-state index in [1.165, 1.54) is 6.08 Å². The van der Waals surface area contributed by atoms with Gasteiger partial charge in [-0.25, -0.2) is 4.98 Å². The fourth-order valence-electron chi connectivity index (χ4n) is 4.03. The van der Waals surface area contributed by atoms with Crippen LogP contribution in [0.15, 0.2) is 42.6 Å². The molecule has 8 nitrogen and oxygen atoms in total. The van der Waals surface area contributed by atoms with E-state index >= 15 is 0 Å². The molecule has 31 heavy (non-hydrogen) atoms. The van der Waals surface area contributed by atoms with E-state index in [-0.39, 0.29) is 11.9 Å². The molecule has 0 unspecified atom stereocenters. The summed E-state index contributed by atoms with van der Waals surface area (Å²) in [6.45, 7) is 7.04. The van der Waals surface area contributed by atoms with E-state index in [0.29, 0.717) is 12.5 Å². The Bertz CT molecular complexity index is 1280. The van der Waals surface area contributed by atoms with Crippen LogP contribution < -0.4 is 10.6 Å². The highest BCUT2D eigenvalue weighted by Crippen LogP contribution is 2.29. The Hall–Kier alpha value is -3.46. The van der Waals surface area contributed by atoms with Gasteiger partial charge in [-0.2, -0.15) is 9.97 Å². The normalized spacial score (nSPS) is 16.5. The number of carbonyl (C=O) groups excluding carboxylic acids is 1. The lowest BCUT2D eigenvalue weighted by Gasteiger charge is -2.33. The number of rotatable bonds is 5. The molecule has 0 radical (unpaired) electrons. The van der Waals surface area contributed by atoms with Crippen LogP contribution >= 0.6 is 11.3 Å². The number of H-pyrrole nitrogens is 1. The van der Waals surface area contributed by atoms with Crippen molar-refractivity contribution in [3.63, 3.8) is 0 Å². The van der Waals surface area contributed by atoms with Crippen LogP contribution in [0.5, 0.6) is 0 Å². The first kappa shape index (κ1) is 19.5. The molecule has 1 amide bonds. The molecule has 5 rings (SSSR count). The Balaban J connectivity index is 1.44. The lowest BCUT2D eigenvalue weighted by Crippen LogP contribution is -2.44. The Morgan fingerprint density at radius 3 is 3.16 bits per heavy atom. The maximum absolute atomic E-state index is 12.1. The van der Waals surface area contributed by atoms with E-state index in [2.05, 4.69) is 32.2 Å². The highest BCUT2D eigenvalue weighted by atomic mass is 32.1. The lowest BCUT2D eigenvalue weighted by atomic mass is 10.1. The number of aromatic amines is 1. The van der Waals surface area contributed by atoms with E-state index in [0.717, 1.165) is 57.7 Å². The number of thiazole rings is 1. The van der Waals surface area contributed by atoms with Crippen molar-refractivity contribution in [1.29, 1.82) is 0 Å². The standard InChI is InChI=1S/C22H23N7OS/c1-3-18(30)29-8-4-5-15(11-29)25-21-19-13(2)10-23-20(19)27-22(28-21)26-14-6-7-16-17(9-14)31-12-24-16/h3,6-7,9-10,12,15H,1,4-5,8,11H2,2H3,(H3,23,25,26,27,28)/t15-/m1/s1. The van der Waals surface area contributed by atoms with E-state index in [4.69, 9.17) is 4.98 Å². The van der Waals surface area contributed by atoms with E-state index in [1.54, 1.807) is 11.3 Å². The molecule has 158 valence electrons. The number of nitrogens with one attached hydrogen (secondary N) is 3. The number of piperidine rings is 1. The van der Waals surface area contributed by atoms with Crippen LogP contribution in [0.4, 0.5) is 17.5 Å². The van der Waals surface area contributed by atoms with E-state index in [9.17, 15) is 4.79 Å². The van der Waals surface area contributed by atoms with Gasteiger partial charge in [0.1, 0.15) is 11.5 Å². The molecule has 1 fully saturated rings. The van der Waals surface area contributed by atoms with Gasteiger partial charge in [0.25, 0.3) is 0 Å². The van der Waals surface area contributed by atoms with Gasteiger partial charge in [0.05, 0.1) is 21.1 Å². The van der Waals surface area contributed by atoms with Crippen LogP contribution in [0.3, 0.4) is 0 Å². The summed E-state index contributed by atoms with van der Waals surface area (Å²) in [5.74, 6) is 1.25. The molecule has 0 saturated carbocycles. The van der Waals surface area contributed by atoms with Crippen molar-refractivity contribution in [2.24, 2.45) is 0 Å². The summed E-state index contributed by atoms with van der Waals surface area (Å²) >= 11 is 1.60. The van der Waals surface area contributed by atoms with Gasteiger partial charge in [0, 0.05) is 31.0 Å². The fraction of sp³-hybridized carbons (Fsp3) is 0.273. The molecule has 4 aromatic rings. The number of aryl methyl sites for hydroxylation is 1. The Morgan fingerprint density at radius 1 is 1.39 bits per heavy atom. The molecule has 9 heteroatoms. The zero-order chi connectivity index (χ0) is 21.4. The van der Waals surface area contributed by atoms with Crippen molar-refractivity contribution in [2.45, 2.75) is 25.8 Å². The third-order valence-corrected chi connectivity index (χ3v) is 6.36. The number of carbonyl (C=O) groups is 1. The minimum Gasteiger partial charge on any atom is -0.365 e. The quantitative estimate of drug-likeness (QED) is 0.408. The largest absolute Gasteiger partial charge is 0.365 e. The third-order valence-electron chi connectivity index (χ3n) is 5.56. The second-order valence-electron chi connectivity index (χ2n) is 7.72. The zero-order valence-electron chi connectivity index (χ0n) is 17.2. The summed E-state index contributed by atoms with van der Waals surface area (Å²) in [4.78, 5) is 30.9. The van der Waals surface area contributed by atoms with Crippen LogP contribution in [0.2, 0.25) is 0 Å².